The molecule has 6 rings (SSSR count). The summed E-state index contributed by atoms with van der Waals surface area (Å²) in [6, 6.07) is 9.39. The van der Waals surface area contributed by atoms with E-state index in [2.05, 4.69) is 33.9 Å². The van der Waals surface area contributed by atoms with Crippen molar-refractivity contribution in [3.63, 3.8) is 0 Å². The van der Waals surface area contributed by atoms with Crippen LogP contribution in [0.25, 0.3) is 0 Å². The summed E-state index contributed by atoms with van der Waals surface area (Å²) in [5, 5.41) is 0. The Balaban J connectivity index is 1.19. The maximum absolute atomic E-state index is 11.9. The first-order valence-corrected chi connectivity index (χ1v) is 13.6. The average Bonchev–Trinajstić information content (AvgIpc) is 3.09. The van der Waals surface area contributed by atoms with Crippen molar-refractivity contribution in [2.24, 2.45) is 17.3 Å². The molecule has 2 spiro atoms. The predicted molar refractivity (Wildman–Crippen MR) is 115 cm³/mol. The third-order valence-electron chi connectivity index (χ3n) is 9.58. The quantitative estimate of drug-likeness (QED) is 0.814. The van der Waals surface area contributed by atoms with Crippen molar-refractivity contribution in [2.45, 2.75) is 75.3 Å². The topological polar surface area (TPSA) is 49.4 Å². The zero-order valence-corrected chi connectivity index (χ0v) is 18.4. The summed E-state index contributed by atoms with van der Waals surface area (Å²) in [5.74, 6) is 2.12. The summed E-state index contributed by atoms with van der Waals surface area (Å²) in [5.41, 5.74) is 3.66. The van der Waals surface area contributed by atoms with Gasteiger partial charge in [0.05, 0.1) is 6.26 Å². The number of rotatable bonds is 3. The number of likely N-dealkylation sites (tertiary alicyclic amines) is 1. The van der Waals surface area contributed by atoms with E-state index < -0.39 is 10.0 Å². The largest absolute Gasteiger partial charge is 0.300 e. The highest BCUT2D eigenvalue weighted by molar-refractivity contribution is 7.88. The lowest BCUT2D eigenvalue weighted by Crippen LogP contribution is -2.48. The van der Waals surface area contributed by atoms with Gasteiger partial charge in [-0.1, -0.05) is 24.3 Å². The first-order valence-electron chi connectivity index (χ1n) is 11.7. The number of benzene rings is 1. The molecule has 4 nitrogen and oxygen atoms in total. The van der Waals surface area contributed by atoms with Crippen LogP contribution in [-0.2, 0) is 15.4 Å². The van der Waals surface area contributed by atoms with Crippen molar-refractivity contribution < 1.29 is 8.42 Å². The summed E-state index contributed by atoms with van der Waals surface area (Å²) >= 11 is 0. The second-order valence-corrected chi connectivity index (χ2v) is 12.7. The Morgan fingerprint density at radius 2 is 1.76 bits per heavy atom. The van der Waals surface area contributed by atoms with Crippen LogP contribution in [0.2, 0.25) is 0 Å². The lowest BCUT2D eigenvalue weighted by atomic mass is 9.63. The smallest absolute Gasteiger partial charge is 0.209 e. The average molecular weight is 415 g/mol. The molecular formula is C24H34N2O2S. The lowest BCUT2D eigenvalue weighted by molar-refractivity contribution is 0.0996. The molecule has 5 aliphatic rings. The van der Waals surface area contributed by atoms with Crippen molar-refractivity contribution in [3.8, 4) is 0 Å². The molecule has 0 radical (unpaired) electrons. The van der Waals surface area contributed by atoms with Gasteiger partial charge in [0, 0.05) is 12.1 Å². The molecule has 4 aliphatic carbocycles. The summed E-state index contributed by atoms with van der Waals surface area (Å²) in [6.07, 6.45) is 13.2. The van der Waals surface area contributed by atoms with Gasteiger partial charge in [0.15, 0.2) is 0 Å². The van der Waals surface area contributed by atoms with Crippen molar-refractivity contribution in [3.05, 3.63) is 35.4 Å². The number of nitrogens with zero attached hydrogens (tertiary/aromatic N) is 1. The fourth-order valence-electron chi connectivity index (χ4n) is 8.09. The van der Waals surface area contributed by atoms with Crippen LogP contribution in [0, 0.1) is 17.3 Å². The molecule has 3 saturated carbocycles. The van der Waals surface area contributed by atoms with E-state index in [0.29, 0.717) is 0 Å². The van der Waals surface area contributed by atoms with Crippen molar-refractivity contribution in [1.29, 1.82) is 0 Å². The molecule has 1 aromatic carbocycles. The molecule has 0 aromatic heterocycles. The Hall–Kier alpha value is -0.910. The Morgan fingerprint density at radius 3 is 2.48 bits per heavy atom. The van der Waals surface area contributed by atoms with Gasteiger partial charge in [-0.25, -0.2) is 13.1 Å². The number of hydrogen-bond acceptors (Lipinski definition) is 3. The van der Waals surface area contributed by atoms with E-state index in [4.69, 9.17) is 0 Å². The van der Waals surface area contributed by atoms with Gasteiger partial charge in [-0.3, -0.25) is 0 Å². The molecule has 0 bridgehead atoms. The van der Waals surface area contributed by atoms with Gasteiger partial charge in [-0.15, -0.1) is 0 Å². The third kappa shape index (κ3) is 2.95. The summed E-state index contributed by atoms with van der Waals surface area (Å²) in [6.45, 7) is 2.44. The number of fused-ring (bicyclic) bond motifs is 2. The van der Waals surface area contributed by atoms with E-state index in [1.807, 2.05) is 0 Å². The van der Waals surface area contributed by atoms with E-state index in [1.165, 1.54) is 75.4 Å². The van der Waals surface area contributed by atoms with Crippen LogP contribution in [0.1, 0.15) is 75.0 Å². The normalized spacial score (nSPS) is 40.4. The van der Waals surface area contributed by atoms with Gasteiger partial charge in [-0.2, -0.15) is 0 Å². The monoisotopic (exact) mass is 414 g/mol. The van der Waals surface area contributed by atoms with E-state index in [1.54, 1.807) is 0 Å². The molecule has 29 heavy (non-hydrogen) atoms. The zero-order valence-electron chi connectivity index (χ0n) is 17.6. The molecule has 1 aromatic rings. The second-order valence-electron chi connectivity index (χ2n) is 10.9. The Bertz CT molecular complexity index is 921. The molecule has 1 unspecified atom stereocenters. The van der Waals surface area contributed by atoms with Gasteiger partial charge in [0.25, 0.3) is 0 Å². The molecule has 0 amide bonds. The minimum Gasteiger partial charge on any atom is -0.300 e. The number of sulfonamides is 1. The third-order valence-corrected chi connectivity index (χ3v) is 10.3. The molecule has 1 heterocycles. The molecular weight excluding hydrogens is 380 g/mol. The summed E-state index contributed by atoms with van der Waals surface area (Å²) in [7, 11) is -3.20. The fourth-order valence-corrected chi connectivity index (χ4v) is 8.85. The standard InChI is InChI=1S/C24H34N2O2S/c1-29(27,28)25-22-8-9-23(21-5-3-2-4-20(21)22)10-12-26(13-11-23)19-14-17-6-7-18-15-24(17,18)16-19/h2-5,17-19,22,25H,6-16H2,1H3/t17-,18+,19+,22-,24?/m0/s1. The van der Waals surface area contributed by atoms with Gasteiger partial charge < -0.3 is 4.90 Å². The van der Waals surface area contributed by atoms with Crippen LogP contribution in [0.15, 0.2) is 24.3 Å². The van der Waals surface area contributed by atoms with E-state index in [-0.39, 0.29) is 11.5 Å². The van der Waals surface area contributed by atoms with Crippen LogP contribution in [-0.4, -0.2) is 38.7 Å². The Kier molecular flexibility index (Phi) is 4.09. The van der Waals surface area contributed by atoms with Crippen LogP contribution >= 0.6 is 0 Å². The zero-order chi connectivity index (χ0) is 19.9. The van der Waals surface area contributed by atoms with Crippen molar-refractivity contribution in [1.82, 2.24) is 9.62 Å². The fraction of sp³-hybridized carbons (Fsp3) is 0.750. The maximum Gasteiger partial charge on any atom is 0.209 e. The number of hydrogen-bond donors (Lipinski definition) is 1. The minimum absolute atomic E-state index is 0.0649. The van der Waals surface area contributed by atoms with Gasteiger partial charge in [0.2, 0.25) is 10.0 Å². The van der Waals surface area contributed by atoms with E-state index >= 15 is 0 Å². The highest BCUT2D eigenvalue weighted by atomic mass is 32.2. The lowest BCUT2D eigenvalue weighted by Gasteiger charge is -2.48. The van der Waals surface area contributed by atoms with Crippen molar-refractivity contribution in [2.75, 3.05) is 19.3 Å². The predicted octanol–water partition coefficient (Wildman–Crippen LogP) is 3.98. The molecule has 1 saturated heterocycles. The number of piperidine rings is 1. The number of nitrogens with one attached hydrogen (secondary N) is 1. The van der Waals surface area contributed by atoms with Crippen LogP contribution in [0.5, 0.6) is 0 Å². The van der Waals surface area contributed by atoms with Crippen molar-refractivity contribution >= 4 is 10.0 Å². The van der Waals surface area contributed by atoms with Gasteiger partial charge in [0.1, 0.15) is 0 Å². The van der Waals surface area contributed by atoms with Crippen LogP contribution in [0.4, 0.5) is 0 Å². The van der Waals surface area contributed by atoms with E-state index in [0.717, 1.165) is 36.1 Å². The van der Waals surface area contributed by atoms with E-state index in [9.17, 15) is 8.42 Å². The molecule has 1 aliphatic heterocycles. The molecule has 1 N–H and O–H groups in total. The second kappa shape index (κ2) is 6.30. The highest BCUT2D eigenvalue weighted by Gasteiger charge is 2.66. The summed E-state index contributed by atoms with van der Waals surface area (Å²) < 4.78 is 26.6. The minimum atomic E-state index is -3.20. The molecule has 4 fully saturated rings. The van der Waals surface area contributed by atoms with Crippen LogP contribution in [0.3, 0.4) is 0 Å². The molecule has 5 atom stereocenters. The van der Waals surface area contributed by atoms with Gasteiger partial charge in [-0.05, 0) is 105 Å². The Morgan fingerprint density at radius 1 is 1.00 bits per heavy atom. The van der Waals surface area contributed by atoms with Crippen LogP contribution < -0.4 is 4.72 Å². The summed E-state index contributed by atoms with van der Waals surface area (Å²) in [4.78, 5) is 2.83. The highest BCUT2D eigenvalue weighted by Crippen LogP contribution is 2.73. The SMILES string of the molecule is CS(=O)(=O)N[C@H]1CCC2(CCN([C@@H]3C[C@@H]4CC[C@@H]5CC54C3)CC2)c2ccccc21. The maximum atomic E-state index is 11.9. The Labute approximate surface area is 175 Å². The van der Waals surface area contributed by atoms with Gasteiger partial charge >= 0.3 is 0 Å². The first-order chi connectivity index (χ1) is 13.9. The first kappa shape index (κ1) is 18.8. The molecule has 5 heteroatoms. The molecule has 158 valence electrons.